The first-order chi connectivity index (χ1) is 13.8. The van der Waals surface area contributed by atoms with Crippen molar-refractivity contribution in [3.05, 3.63) is 68.2 Å². The molecule has 1 heterocycles. The molecule has 0 atom stereocenters. The molecule has 0 saturated carbocycles. The van der Waals surface area contributed by atoms with Gasteiger partial charge >= 0.3 is 5.97 Å². The van der Waals surface area contributed by atoms with Crippen LogP contribution in [0.2, 0.25) is 10.0 Å². The number of anilines is 1. The lowest BCUT2D eigenvalue weighted by atomic mass is 10.2. The molecule has 1 amide bonds. The van der Waals surface area contributed by atoms with Gasteiger partial charge in [-0.1, -0.05) is 29.3 Å². The standard InChI is InChI=1S/C19H17Cl2N3O5/c20-13-2-1-3-15(10-13)22-6-8-23(9-7-22)18(25)12-29-19(26)16-5-4-14(21)11-17(16)24(27)28/h1-5,10-11H,6-9,12H2. The zero-order chi connectivity index (χ0) is 21.0. The minimum Gasteiger partial charge on any atom is -0.452 e. The van der Waals surface area contributed by atoms with Crippen LogP contribution in [-0.4, -0.2) is 54.5 Å². The third kappa shape index (κ3) is 5.16. The fourth-order valence-electron chi connectivity index (χ4n) is 3.01. The monoisotopic (exact) mass is 437 g/mol. The summed E-state index contributed by atoms with van der Waals surface area (Å²) in [5.74, 6) is -1.31. The van der Waals surface area contributed by atoms with E-state index >= 15 is 0 Å². The number of amides is 1. The van der Waals surface area contributed by atoms with Gasteiger partial charge in [0.25, 0.3) is 11.6 Å². The Labute approximate surface area is 176 Å². The van der Waals surface area contributed by atoms with Gasteiger partial charge in [-0.15, -0.1) is 0 Å². The largest absolute Gasteiger partial charge is 0.452 e. The van der Waals surface area contributed by atoms with Crippen molar-refractivity contribution in [3.63, 3.8) is 0 Å². The number of nitro groups is 1. The van der Waals surface area contributed by atoms with Crippen LogP contribution in [0.4, 0.5) is 11.4 Å². The first-order valence-corrected chi connectivity index (χ1v) is 9.50. The Morgan fingerprint density at radius 2 is 1.72 bits per heavy atom. The van der Waals surface area contributed by atoms with E-state index in [0.29, 0.717) is 31.2 Å². The second-order valence-electron chi connectivity index (χ2n) is 6.34. The number of hydrogen-bond donors (Lipinski definition) is 0. The minimum atomic E-state index is -0.945. The molecule has 29 heavy (non-hydrogen) atoms. The molecule has 0 unspecified atom stereocenters. The normalized spacial score (nSPS) is 13.9. The molecule has 8 nitrogen and oxygen atoms in total. The summed E-state index contributed by atoms with van der Waals surface area (Å²) in [5.41, 5.74) is 0.258. The molecule has 0 spiro atoms. The van der Waals surface area contributed by atoms with Crippen LogP contribution in [0.3, 0.4) is 0 Å². The van der Waals surface area contributed by atoms with Crippen molar-refractivity contribution in [1.82, 2.24) is 4.90 Å². The van der Waals surface area contributed by atoms with Gasteiger partial charge in [0.15, 0.2) is 6.61 Å². The average molecular weight is 438 g/mol. The number of benzene rings is 2. The Kier molecular flexibility index (Phi) is 6.56. The van der Waals surface area contributed by atoms with Crippen LogP contribution >= 0.6 is 23.2 Å². The number of carbonyl (C=O) groups excluding carboxylic acids is 2. The smallest absolute Gasteiger partial charge is 0.345 e. The van der Waals surface area contributed by atoms with E-state index in [4.69, 9.17) is 27.9 Å². The van der Waals surface area contributed by atoms with Crippen molar-refractivity contribution in [2.75, 3.05) is 37.7 Å². The van der Waals surface area contributed by atoms with E-state index in [1.165, 1.54) is 12.1 Å². The second-order valence-corrected chi connectivity index (χ2v) is 7.22. The van der Waals surface area contributed by atoms with Gasteiger partial charge in [0, 0.05) is 48.0 Å². The van der Waals surface area contributed by atoms with Crippen LogP contribution in [0.15, 0.2) is 42.5 Å². The minimum absolute atomic E-state index is 0.127. The molecule has 2 aromatic rings. The van der Waals surface area contributed by atoms with Crippen molar-refractivity contribution in [3.8, 4) is 0 Å². The highest BCUT2D eigenvalue weighted by Gasteiger charge is 2.25. The molecule has 0 aliphatic carbocycles. The van der Waals surface area contributed by atoms with E-state index in [9.17, 15) is 19.7 Å². The Hall–Kier alpha value is -2.84. The maximum Gasteiger partial charge on any atom is 0.345 e. The van der Waals surface area contributed by atoms with Gasteiger partial charge < -0.3 is 14.5 Å². The van der Waals surface area contributed by atoms with E-state index < -0.39 is 23.2 Å². The summed E-state index contributed by atoms with van der Waals surface area (Å²) in [6.45, 7) is 1.66. The molecule has 2 aromatic carbocycles. The molecule has 0 aromatic heterocycles. The predicted octanol–water partition coefficient (Wildman–Crippen LogP) is 3.41. The maximum atomic E-state index is 12.4. The number of nitro benzene ring substituents is 1. The number of hydrogen-bond acceptors (Lipinski definition) is 6. The highest BCUT2D eigenvalue weighted by molar-refractivity contribution is 6.31. The van der Waals surface area contributed by atoms with E-state index in [1.54, 1.807) is 11.0 Å². The van der Waals surface area contributed by atoms with Crippen LogP contribution in [-0.2, 0) is 9.53 Å². The molecule has 10 heteroatoms. The number of piperazine rings is 1. The summed E-state index contributed by atoms with van der Waals surface area (Å²) in [4.78, 5) is 38.6. The number of ether oxygens (including phenoxy) is 1. The van der Waals surface area contributed by atoms with Gasteiger partial charge in [0.1, 0.15) is 5.56 Å². The fourth-order valence-corrected chi connectivity index (χ4v) is 3.36. The van der Waals surface area contributed by atoms with Crippen molar-refractivity contribution >= 4 is 46.5 Å². The van der Waals surface area contributed by atoms with Gasteiger partial charge in [-0.2, -0.15) is 0 Å². The molecule has 0 bridgehead atoms. The second kappa shape index (κ2) is 9.11. The third-order valence-corrected chi connectivity index (χ3v) is 4.98. The molecular weight excluding hydrogens is 421 g/mol. The van der Waals surface area contributed by atoms with Gasteiger partial charge in [-0.3, -0.25) is 14.9 Å². The summed E-state index contributed by atoms with van der Waals surface area (Å²) in [5, 5.41) is 11.9. The van der Waals surface area contributed by atoms with Crippen LogP contribution < -0.4 is 4.90 Å². The summed E-state index contributed by atoms with van der Waals surface area (Å²) in [7, 11) is 0. The van der Waals surface area contributed by atoms with E-state index in [1.807, 2.05) is 18.2 Å². The topological polar surface area (TPSA) is 93.0 Å². The number of carbonyl (C=O) groups is 2. The third-order valence-electron chi connectivity index (χ3n) is 4.51. The van der Waals surface area contributed by atoms with E-state index in [0.717, 1.165) is 11.8 Å². The molecule has 3 rings (SSSR count). The lowest BCUT2D eigenvalue weighted by Crippen LogP contribution is -2.49. The Morgan fingerprint density at radius 3 is 2.38 bits per heavy atom. The summed E-state index contributed by atoms with van der Waals surface area (Å²) < 4.78 is 4.99. The van der Waals surface area contributed by atoms with Crippen LogP contribution in [0, 0.1) is 10.1 Å². The molecule has 1 fully saturated rings. The first-order valence-electron chi connectivity index (χ1n) is 8.74. The molecule has 1 aliphatic rings. The SMILES string of the molecule is O=C(OCC(=O)N1CCN(c2cccc(Cl)c2)CC1)c1ccc(Cl)cc1[N+](=O)[O-]. The Morgan fingerprint density at radius 1 is 1.03 bits per heavy atom. The predicted molar refractivity (Wildman–Crippen MR) is 109 cm³/mol. The van der Waals surface area contributed by atoms with Crippen LogP contribution in [0.5, 0.6) is 0 Å². The van der Waals surface area contributed by atoms with Crippen LogP contribution in [0.25, 0.3) is 0 Å². The summed E-state index contributed by atoms with van der Waals surface area (Å²) >= 11 is 11.7. The zero-order valence-electron chi connectivity index (χ0n) is 15.2. The lowest BCUT2D eigenvalue weighted by molar-refractivity contribution is -0.385. The molecular formula is C19H17Cl2N3O5. The van der Waals surface area contributed by atoms with Crippen LogP contribution in [0.1, 0.15) is 10.4 Å². The average Bonchev–Trinajstić information content (AvgIpc) is 2.71. The molecule has 1 saturated heterocycles. The van der Waals surface area contributed by atoms with Gasteiger partial charge in [-0.25, -0.2) is 4.79 Å². The zero-order valence-corrected chi connectivity index (χ0v) is 16.7. The molecule has 1 aliphatic heterocycles. The van der Waals surface area contributed by atoms with Gasteiger partial charge in [0.05, 0.1) is 4.92 Å². The van der Waals surface area contributed by atoms with Crippen molar-refractivity contribution in [1.29, 1.82) is 0 Å². The van der Waals surface area contributed by atoms with Crippen molar-refractivity contribution in [2.45, 2.75) is 0 Å². The molecule has 152 valence electrons. The van der Waals surface area contributed by atoms with E-state index in [2.05, 4.69) is 4.90 Å². The van der Waals surface area contributed by atoms with Crippen molar-refractivity contribution in [2.24, 2.45) is 0 Å². The number of esters is 1. The fraction of sp³-hybridized carbons (Fsp3) is 0.263. The molecule has 0 radical (unpaired) electrons. The quantitative estimate of drug-likeness (QED) is 0.404. The number of halogens is 2. The highest BCUT2D eigenvalue weighted by atomic mass is 35.5. The number of rotatable bonds is 5. The summed E-state index contributed by atoms with van der Waals surface area (Å²) in [6, 6.07) is 11.1. The van der Waals surface area contributed by atoms with Gasteiger partial charge in [0.2, 0.25) is 0 Å². The lowest BCUT2D eigenvalue weighted by Gasteiger charge is -2.36. The van der Waals surface area contributed by atoms with Crippen molar-refractivity contribution < 1.29 is 19.2 Å². The van der Waals surface area contributed by atoms with E-state index in [-0.39, 0.29) is 16.5 Å². The number of nitrogens with zero attached hydrogens (tertiary/aromatic N) is 3. The maximum absolute atomic E-state index is 12.4. The highest BCUT2D eigenvalue weighted by Crippen LogP contribution is 2.24. The molecule has 0 N–H and O–H groups in total. The Balaban J connectivity index is 1.54. The Bertz CT molecular complexity index is 945. The first kappa shape index (κ1) is 20.9. The summed E-state index contributed by atoms with van der Waals surface area (Å²) in [6.07, 6.45) is 0. The van der Waals surface area contributed by atoms with Gasteiger partial charge in [-0.05, 0) is 30.3 Å².